The maximum absolute atomic E-state index is 12.9. The largest absolute Gasteiger partial charge is 0.349 e. The number of piperazine rings is 1. The van der Waals surface area contributed by atoms with Crippen LogP contribution in [-0.4, -0.2) is 62.8 Å². The highest BCUT2D eigenvalue weighted by Crippen LogP contribution is 2.25. The second kappa shape index (κ2) is 8.25. The molecule has 1 aliphatic carbocycles. The number of amides is 1. The van der Waals surface area contributed by atoms with E-state index in [4.69, 9.17) is 11.6 Å². The summed E-state index contributed by atoms with van der Waals surface area (Å²) < 4.78 is 27.3. The number of carbonyl (C=O) groups excluding carboxylic acids is 1. The van der Waals surface area contributed by atoms with E-state index in [-0.39, 0.29) is 27.4 Å². The zero-order valence-electron chi connectivity index (χ0n) is 15.1. The van der Waals surface area contributed by atoms with Crippen molar-refractivity contribution in [3.8, 4) is 0 Å². The second-order valence-corrected chi connectivity index (χ2v) is 9.50. The van der Waals surface area contributed by atoms with Crippen molar-refractivity contribution in [2.24, 2.45) is 0 Å². The van der Waals surface area contributed by atoms with E-state index in [0.29, 0.717) is 26.2 Å². The first-order valence-corrected chi connectivity index (χ1v) is 11.0. The second-order valence-electron chi connectivity index (χ2n) is 7.16. The Morgan fingerprint density at radius 3 is 2.42 bits per heavy atom. The van der Waals surface area contributed by atoms with Gasteiger partial charge in [0.2, 0.25) is 10.0 Å². The number of rotatable bonds is 4. The van der Waals surface area contributed by atoms with Crippen LogP contribution < -0.4 is 5.32 Å². The fourth-order valence-electron chi connectivity index (χ4n) is 3.53. The molecule has 0 unspecified atom stereocenters. The molecule has 8 heteroatoms. The normalized spacial score (nSPS) is 20.8. The molecule has 0 bridgehead atoms. The lowest BCUT2D eigenvalue weighted by atomic mass is 9.95. The Labute approximate surface area is 160 Å². The quantitative estimate of drug-likeness (QED) is 0.843. The van der Waals surface area contributed by atoms with Crippen LogP contribution in [0.15, 0.2) is 23.1 Å². The SMILES string of the molecule is CN1CCN(S(=O)(=O)c2ccc(Cl)c(C(=O)NC3CCCCC3)c2)CC1. The van der Waals surface area contributed by atoms with E-state index in [1.165, 1.54) is 28.9 Å². The Bertz CT molecular complexity index is 755. The van der Waals surface area contributed by atoms with Gasteiger partial charge < -0.3 is 10.2 Å². The number of carbonyl (C=O) groups is 1. The number of halogens is 1. The Morgan fingerprint density at radius 2 is 1.77 bits per heavy atom. The van der Waals surface area contributed by atoms with Gasteiger partial charge in [0, 0.05) is 32.2 Å². The van der Waals surface area contributed by atoms with Crippen LogP contribution >= 0.6 is 11.6 Å². The molecule has 2 fully saturated rings. The molecule has 0 aromatic heterocycles. The number of nitrogens with zero attached hydrogens (tertiary/aromatic N) is 2. The summed E-state index contributed by atoms with van der Waals surface area (Å²) in [6.07, 6.45) is 5.34. The van der Waals surface area contributed by atoms with Gasteiger partial charge in [-0.15, -0.1) is 0 Å². The molecule has 0 spiro atoms. The molecule has 0 atom stereocenters. The summed E-state index contributed by atoms with van der Waals surface area (Å²) in [5.74, 6) is -0.294. The zero-order chi connectivity index (χ0) is 18.7. The smallest absolute Gasteiger partial charge is 0.253 e. The molecule has 0 radical (unpaired) electrons. The van der Waals surface area contributed by atoms with Crippen LogP contribution in [0.5, 0.6) is 0 Å². The molecule has 1 N–H and O–H groups in total. The van der Waals surface area contributed by atoms with E-state index in [1.54, 1.807) is 0 Å². The predicted octanol–water partition coefficient (Wildman–Crippen LogP) is 2.34. The molecular weight excluding hydrogens is 374 g/mol. The van der Waals surface area contributed by atoms with Crippen LogP contribution in [0.4, 0.5) is 0 Å². The summed E-state index contributed by atoms with van der Waals surface area (Å²) in [4.78, 5) is 14.8. The van der Waals surface area contributed by atoms with Gasteiger partial charge in [0.05, 0.1) is 15.5 Å². The molecule has 1 aliphatic heterocycles. The van der Waals surface area contributed by atoms with Crippen molar-refractivity contribution in [1.29, 1.82) is 0 Å². The van der Waals surface area contributed by atoms with Crippen molar-refractivity contribution in [2.45, 2.75) is 43.0 Å². The third-order valence-electron chi connectivity index (χ3n) is 5.22. The van der Waals surface area contributed by atoms with E-state index in [1.807, 2.05) is 7.05 Å². The van der Waals surface area contributed by atoms with Crippen molar-refractivity contribution in [1.82, 2.24) is 14.5 Å². The average Bonchev–Trinajstić information content (AvgIpc) is 2.63. The average molecular weight is 400 g/mol. The summed E-state index contributed by atoms with van der Waals surface area (Å²) >= 11 is 6.19. The lowest BCUT2D eigenvalue weighted by molar-refractivity contribution is 0.0927. The number of hydrogen-bond acceptors (Lipinski definition) is 4. The minimum Gasteiger partial charge on any atom is -0.349 e. The first kappa shape index (κ1) is 19.6. The van der Waals surface area contributed by atoms with Gasteiger partial charge in [0.25, 0.3) is 5.91 Å². The van der Waals surface area contributed by atoms with E-state index in [0.717, 1.165) is 25.7 Å². The monoisotopic (exact) mass is 399 g/mol. The van der Waals surface area contributed by atoms with Crippen molar-refractivity contribution in [3.05, 3.63) is 28.8 Å². The number of nitrogens with one attached hydrogen (secondary N) is 1. The van der Waals surface area contributed by atoms with Gasteiger partial charge in [-0.25, -0.2) is 8.42 Å². The summed E-state index contributed by atoms with van der Waals surface area (Å²) in [5, 5.41) is 3.28. The van der Waals surface area contributed by atoms with Gasteiger partial charge in [-0.3, -0.25) is 4.79 Å². The Morgan fingerprint density at radius 1 is 1.12 bits per heavy atom. The predicted molar refractivity (Wildman–Crippen MR) is 102 cm³/mol. The summed E-state index contributed by atoms with van der Waals surface area (Å²) in [6, 6.07) is 4.53. The molecule has 6 nitrogen and oxygen atoms in total. The van der Waals surface area contributed by atoms with Crippen LogP contribution in [0.1, 0.15) is 42.5 Å². The third-order valence-corrected chi connectivity index (χ3v) is 7.45. The van der Waals surface area contributed by atoms with Gasteiger partial charge in [0.15, 0.2) is 0 Å². The first-order valence-electron chi connectivity index (χ1n) is 9.17. The fraction of sp³-hybridized carbons (Fsp3) is 0.611. The molecule has 3 rings (SSSR count). The van der Waals surface area contributed by atoms with Crippen molar-refractivity contribution < 1.29 is 13.2 Å². The van der Waals surface area contributed by atoms with Crippen LogP contribution in [0.2, 0.25) is 5.02 Å². The lowest BCUT2D eigenvalue weighted by Gasteiger charge is -2.31. The number of benzene rings is 1. The summed E-state index contributed by atoms with van der Waals surface area (Å²) in [5.41, 5.74) is 0.229. The van der Waals surface area contributed by atoms with Gasteiger partial charge in [-0.1, -0.05) is 30.9 Å². The van der Waals surface area contributed by atoms with E-state index in [2.05, 4.69) is 10.2 Å². The lowest BCUT2D eigenvalue weighted by Crippen LogP contribution is -2.47. The van der Waals surface area contributed by atoms with Crippen LogP contribution in [0.3, 0.4) is 0 Å². The van der Waals surface area contributed by atoms with Gasteiger partial charge in [-0.05, 0) is 38.1 Å². The molecular formula is C18H26ClN3O3S. The Hall–Kier alpha value is -1.15. The maximum Gasteiger partial charge on any atom is 0.253 e. The van der Waals surface area contributed by atoms with Crippen molar-refractivity contribution >= 4 is 27.5 Å². The van der Waals surface area contributed by atoms with Crippen molar-refractivity contribution in [2.75, 3.05) is 33.2 Å². The third kappa shape index (κ3) is 4.39. The van der Waals surface area contributed by atoms with Gasteiger partial charge in [0.1, 0.15) is 0 Å². The molecule has 1 aromatic rings. The van der Waals surface area contributed by atoms with Crippen LogP contribution in [-0.2, 0) is 10.0 Å². The molecule has 1 aromatic carbocycles. The van der Waals surface area contributed by atoms with E-state index in [9.17, 15) is 13.2 Å². The molecule has 1 heterocycles. The molecule has 1 saturated heterocycles. The summed E-state index contributed by atoms with van der Waals surface area (Å²) in [7, 11) is -1.65. The summed E-state index contributed by atoms with van der Waals surface area (Å²) in [6.45, 7) is 2.29. The van der Waals surface area contributed by atoms with E-state index >= 15 is 0 Å². The van der Waals surface area contributed by atoms with E-state index < -0.39 is 10.0 Å². The molecule has 26 heavy (non-hydrogen) atoms. The number of likely N-dealkylation sites (N-methyl/N-ethyl adjacent to an activating group) is 1. The minimum absolute atomic E-state index is 0.125. The van der Waals surface area contributed by atoms with Crippen LogP contribution in [0.25, 0.3) is 0 Å². The molecule has 1 amide bonds. The molecule has 144 valence electrons. The highest BCUT2D eigenvalue weighted by atomic mass is 35.5. The Balaban J connectivity index is 1.79. The van der Waals surface area contributed by atoms with Crippen molar-refractivity contribution in [3.63, 3.8) is 0 Å². The van der Waals surface area contributed by atoms with Gasteiger partial charge in [-0.2, -0.15) is 4.31 Å². The fourth-order valence-corrected chi connectivity index (χ4v) is 5.18. The first-order chi connectivity index (χ1) is 12.4. The zero-order valence-corrected chi connectivity index (χ0v) is 16.7. The number of hydrogen-bond donors (Lipinski definition) is 1. The van der Waals surface area contributed by atoms with Crippen LogP contribution in [0, 0.1) is 0 Å². The van der Waals surface area contributed by atoms with Gasteiger partial charge >= 0.3 is 0 Å². The topological polar surface area (TPSA) is 69.7 Å². The number of sulfonamides is 1. The highest BCUT2D eigenvalue weighted by Gasteiger charge is 2.29. The highest BCUT2D eigenvalue weighted by molar-refractivity contribution is 7.89. The molecule has 1 saturated carbocycles. The minimum atomic E-state index is -3.62. The molecule has 2 aliphatic rings. The standard InChI is InChI=1S/C18H26ClN3O3S/c1-21-9-11-22(12-10-21)26(24,25)15-7-8-17(19)16(13-15)18(23)20-14-5-3-2-4-6-14/h7-8,13-14H,2-6,9-12H2,1H3,(H,20,23). The Kier molecular flexibility index (Phi) is 6.22. The maximum atomic E-state index is 12.9.